The standard InChI is InChI=1S/C14H25N/c1-2-7-14(8-3-1)9-11-15(12-10-14)13-5-4-6-13/h13H,1-12H2. The zero-order valence-corrected chi connectivity index (χ0v) is 10.0. The molecule has 0 aromatic heterocycles. The molecule has 1 spiro atoms. The molecular formula is C14H25N. The first-order valence-electron chi connectivity index (χ1n) is 7.12. The topological polar surface area (TPSA) is 3.24 Å². The minimum atomic E-state index is 0.804. The predicted octanol–water partition coefficient (Wildman–Crippen LogP) is 3.59. The lowest BCUT2D eigenvalue weighted by molar-refractivity contribution is 0.0236. The van der Waals surface area contributed by atoms with Crippen molar-refractivity contribution in [3.63, 3.8) is 0 Å². The Labute approximate surface area is 94.2 Å². The molecule has 0 aromatic carbocycles. The van der Waals surface area contributed by atoms with Crippen LogP contribution in [0.2, 0.25) is 0 Å². The van der Waals surface area contributed by atoms with Crippen LogP contribution in [0.1, 0.15) is 64.2 Å². The highest BCUT2D eigenvalue weighted by Gasteiger charge is 2.37. The third-order valence-electron chi connectivity index (χ3n) is 5.36. The molecule has 0 amide bonds. The van der Waals surface area contributed by atoms with E-state index in [2.05, 4.69) is 4.90 Å². The van der Waals surface area contributed by atoms with Gasteiger partial charge in [0.1, 0.15) is 0 Å². The second-order valence-electron chi connectivity index (χ2n) is 6.18. The van der Waals surface area contributed by atoms with Crippen LogP contribution in [0.3, 0.4) is 0 Å². The highest BCUT2D eigenvalue weighted by Crippen LogP contribution is 2.45. The zero-order chi connectivity index (χ0) is 10.1. The summed E-state index contributed by atoms with van der Waals surface area (Å²) in [6.07, 6.45) is 15.2. The number of likely N-dealkylation sites (tertiary alicyclic amines) is 1. The molecule has 1 nitrogen and oxygen atoms in total. The summed E-state index contributed by atoms with van der Waals surface area (Å²) in [5.41, 5.74) is 0.804. The molecule has 86 valence electrons. The van der Waals surface area contributed by atoms with Crippen LogP contribution in [0.25, 0.3) is 0 Å². The molecule has 1 aliphatic heterocycles. The third-order valence-corrected chi connectivity index (χ3v) is 5.36. The summed E-state index contributed by atoms with van der Waals surface area (Å²) in [5, 5.41) is 0. The van der Waals surface area contributed by atoms with Crippen LogP contribution in [-0.4, -0.2) is 24.0 Å². The Hall–Kier alpha value is -0.0400. The van der Waals surface area contributed by atoms with E-state index < -0.39 is 0 Å². The van der Waals surface area contributed by atoms with E-state index in [0.717, 1.165) is 11.5 Å². The van der Waals surface area contributed by atoms with E-state index >= 15 is 0 Å². The van der Waals surface area contributed by atoms with Gasteiger partial charge in [-0.2, -0.15) is 0 Å². The normalized spacial score (nSPS) is 32.8. The fraction of sp³-hybridized carbons (Fsp3) is 1.00. The molecule has 1 heteroatoms. The van der Waals surface area contributed by atoms with Gasteiger partial charge in [-0.15, -0.1) is 0 Å². The number of rotatable bonds is 1. The summed E-state index contributed by atoms with van der Waals surface area (Å²) < 4.78 is 0. The van der Waals surface area contributed by atoms with Crippen molar-refractivity contribution in [2.24, 2.45) is 5.41 Å². The van der Waals surface area contributed by atoms with Crippen LogP contribution < -0.4 is 0 Å². The molecule has 0 bridgehead atoms. The fourth-order valence-corrected chi connectivity index (χ4v) is 3.92. The molecule has 2 aliphatic carbocycles. The smallest absolute Gasteiger partial charge is 0.00952 e. The lowest BCUT2D eigenvalue weighted by Crippen LogP contribution is -2.48. The van der Waals surface area contributed by atoms with Crippen LogP contribution in [0.5, 0.6) is 0 Å². The lowest BCUT2D eigenvalue weighted by atomic mass is 9.67. The average molecular weight is 207 g/mol. The van der Waals surface area contributed by atoms with Crippen molar-refractivity contribution in [3.05, 3.63) is 0 Å². The van der Waals surface area contributed by atoms with Gasteiger partial charge in [-0.3, -0.25) is 0 Å². The Kier molecular flexibility index (Phi) is 2.76. The monoisotopic (exact) mass is 207 g/mol. The summed E-state index contributed by atoms with van der Waals surface area (Å²) in [4.78, 5) is 2.79. The van der Waals surface area contributed by atoms with E-state index in [4.69, 9.17) is 0 Å². The zero-order valence-electron chi connectivity index (χ0n) is 10.0. The van der Waals surface area contributed by atoms with Crippen LogP contribution >= 0.6 is 0 Å². The van der Waals surface area contributed by atoms with Crippen molar-refractivity contribution in [1.29, 1.82) is 0 Å². The molecular weight excluding hydrogens is 182 g/mol. The summed E-state index contributed by atoms with van der Waals surface area (Å²) in [5.74, 6) is 0. The first-order valence-corrected chi connectivity index (χ1v) is 7.12. The molecule has 0 unspecified atom stereocenters. The maximum absolute atomic E-state index is 2.79. The van der Waals surface area contributed by atoms with Gasteiger partial charge in [0.2, 0.25) is 0 Å². The molecule has 0 radical (unpaired) electrons. The second-order valence-corrected chi connectivity index (χ2v) is 6.18. The van der Waals surface area contributed by atoms with E-state index in [-0.39, 0.29) is 0 Å². The Morgan fingerprint density at radius 1 is 0.733 bits per heavy atom. The first kappa shape index (κ1) is 10.1. The maximum Gasteiger partial charge on any atom is 0.00952 e. The second kappa shape index (κ2) is 4.08. The van der Waals surface area contributed by atoms with Gasteiger partial charge in [-0.25, -0.2) is 0 Å². The Morgan fingerprint density at radius 2 is 1.40 bits per heavy atom. The van der Waals surface area contributed by atoms with Crippen molar-refractivity contribution < 1.29 is 0 Å². The molecule has 2 saturated carbocycles. The van der Waals surface area contributed by atoms with E-state index in [1.807, 2.05) is 0 Å². The Morgan fingerprint density at radius 3 is 1.93 bits per heavy atom. The fourth-order valence-electron chi connectivity index (χ4n) is 3.92. The number of hydrogen-bond acceptors (Lipinski definition) is 1. The molecule has 1 saturated heterocycles. The molecule has 3 rings (SSSR count). The summed E-state index contributed by atoms with van der Waals surface area (Å²) in [7, 11) is 0. The highest BCUT2D eigenvalue weighted by atomic mass is 15.2. The predicted molar refractivity (Wildman–Crippen MR) is 64.0 cm³/mol. The SMILES string of the molecule is C1CCC2(CC1)CCN(C1CCC1)CC2. The average Bonchev–Trinajstić information content (AvgIpc) is 2.21. The van der Waals surface area contributed by atoms with Gasteiger partial charge >= 0.3 is 0 Å². The quantitative estimate of drug-likeness (QED) is 0.635. The number of piperidine rings is 1. The molecule has 0 aromatic rings. The number of hydrogen-bond donors (Lipinski definition) is 0. The molecule has 0 atom stereocenters. The lowest BCUT2D eigenvalue weighted by Gasteiger charge is -2.48. The van der Waals surface area contributed by atoms with Gasteiger partial charge in [-0.1, -0.05) is 25.7 Å². The minimum absolute atomic E-state index is 0.804. The van der Waals surface area contributed by atoms with Crippen LogP contribution in [-0.2, 0) is 0 Å². The largest absolute Gasteiger partial charge is 0.300 e. The first-order chi connectivity index (χ1) is 7.38. The number of nitrogens with zero attached hydrogens (tertiary/aromatic N) is 1. The molecule has 3 aliphatic rings. The third kappa shape index (κ3) is 1.95. The minimum Gasteiger partial charge on any atom is -0.300 e. The van der Waals surface area contributed by atoms with E-state index in [1.165, 1.54) is 64.5 Å². The van der Waals surface area contributed by atoms with Gasteiger partial charge in [0, 0.05) is 6.04 Å². The summed E-state index contributed by atoms with van der Waals surface area (Å²) in [6.45, 7) is 2.84. The Bertz CT molecular complexity index is 203. The van der Waals surface area contributed by atoms with E-state index in [0.29, 0.717) is 0 Å². The van der Waals surface area contributed by atoms with E-state index in [9.17, 15) is 0 Å². The van der Waals surface area contributed by atoms with Gasteiger partial charge in [-0.05, 0) is 57.0 Å². The summed E-state index contributed by atoms with van der Waals surface area (Å²) in [6, 6.07) is 0.992. The molecule has 3 fully saturated rings. The van der Waals surface area contributed by atoms with E-state index in [1.54, 1.807) is 12.8 Å². The molecule has 0 N–H and O–H groups in total. The van der Waals surface area contributed by atoms with Crippen LogP contribution in [0.4, 0.5) is 0 Å². The molecule has 15 heavy (non-hydrogen) atoms. The van der Waals surface area contributed by atoms with Gasteiger partial charge < -0.3 is 4.90 Å². The van der Waals surface area contributed by atoms with Gasteiger partial charge in [0.15, 0.2) is 0 Å². The van der Waals surface area contributed by atoms with Crippen molar-refractivity contribution in [2.75, 3.05) is 13.1 Å². The van der Waals surface area contributed by atoms with Crippen LogP contribution in [0, 0.1) is 5.41 Å². The van der Waals surface area contributed by atoms with Crippen molar-refractivity contribution in [1.82, 2.24) is 4.90 Å². The highest BCUT2D eigenvalue weighted by molar-refractivity contribution is 4.91. The maximum atomic E-state index is 2.79. The van der Waals surface area contributed by atoms with Gasteiger partial charge in [0.05, 0.1) is 0 Å². The van der Waals surface area contributed by atoms with Crippen molar-refractivity contribution in [2.45, 2.75) is 70.3 Å². The Balaban J connectivity index is 1.54. The molecule has 1 heterocycles. The van der Waals surface area contributed by atoms with Crippen molar-refractivity contribution >= 4 is 0 Å². The van der Waals surface area contributed by atoms with Crippen LogP contribution in [0.15, 0.2) is 0 Å². The summed E-state index contributed by atoms with van der Waals surface area (Å²) >= 11 is 0. The van der Waals surface area contributed by atoms with Gasteiger partial charge in [0.25, 0.3) is 0 Å². The van der Waals surface area contributed by atoms with Crippen molar-refractivity contribution in [3.8, 4) is 0 Å².